The van der Waals surface area contributed by atoms with E-state index in [1.54, 1.807) is 0 Å². The van der Waals surface area contributed by atoms with Crippen LogP contribution in [0, 0.1) is 0 Å². The summed E-state index contributed by atoms with van der Waals surface area (Å²) in [6, 6.07) is 14.1. The fraction of sp³-hybridized carbons (Fsp3) is 0.350. The highest BCUT2D eigenvalue weighted by Gasteiger charge is 2.08. The molecule has 0 heterocycles. The lowest BCUT2D eigenvalue weighted by Crippen LogP contribution is -2.12. The highest BCUT2D eigenvalue weighted by Crippen LogP contribution is 2.24. The van der Waals surface area contributed by atoms with Gasteiger partial charge in [0.05, 0.1) is 0 Å². The van der Waals surface area contributed by atoms with Crippen LogP contribution in [0.25, 0.3) is 0 Å². The van der Waals surface area contributed by atoms with Gasteiger partial charge in [0.1, 0.15) is 12.4 Å². The average molecular weight is 311 g/mol. The van der Waals surface area contributed by atoms with Gasteiger partial charge < -0.3 is 10.1 Å². The van der Waals surface area contributed by atoms with Crippen LogP contribution in [0.4, 0.5) is 5.69 Å². The van der Waals surface area contributed by atoms with E-state index in [2.05, 4.69) is 31.3 Å². The SMILES string of the molecule is CCC(=O)Nc1ccccc1COc1ccc(CC)cc1CC. The Kier molecular flexibility index (Phi) is 6.21. The molecule has 0 saturated heterocycles. The molecular formula is C20H25NO2. The number of anilines is 1. The maximum Gasteiger partial charge on any atom is 0.224 e. The Labute approximate surface area is 138 Å². The Balaban J connectivity index is 2.13. The van der Waals surface area contributed by atoms with Gasteiger partial charge in [0.25, 0.3) is 0 Å². The third-order valence-electron chi connectivity index (χ3n) is 3.91. The molecule has 0 spiro atoms. The molecule has 0 aliphatic rings. The lowest BCUT2D eigenvalue weighted by molar-refractivity contribution is -0.115. The Morgan fingerprint density at radius 2 is 1.78 bits per heavy atom. The quantitative estimate of drug-likeness (QED) is 0.802. The van der Waals surface area contributed by atoms with E-state index in [4.69, 9.17) is 4.74 Å². The molecule has 23 heavy (non-hydrogen) atoms. The van der Waals surface area contributed by atoms with Crippen LogP contribution >= 0.6 is 0 Å². The van der Waals surface area contributed by atoms with Crippen molar-refractivity contribution < 1.29 is 9.53 Å². The second-order valence-electron chi connectivity index (χ2n) is 5.50. The third kappa shape index (κ3) is 4.59. The number of carbonyl (C=O) groups is 1. The van der Waals surface area contributed by atoms with Crippen LogP contribution in [0.1, 0.15) is 43.9 Å². The molecule has 0 saturated carbocycles. The van der Waals surface area contributed by atoms with Crippen molar-refractivity contribution in [2.75, 3.05) is 5.32 Å². The first-order valence-corrected chi connectivity index (χ1v) is 8.30. The van der Waals surface area contributed by atoms with Crippen molar-refractivity contribution in [2.45, 2.75) is 46.6 Å². The van der Waals surface area contributed by atoms with Gasteiger partial charge in [-0.25, -0.2) is 0 Å². The number of aryl methyl sites for hydroxylation is 2. The van der Waals surface area contributed by atoms with Gasteiger partial charge in [0.2, 0.25) is 5.91 Å². The molecule has 0 aliphatic carbocycles. The first-order chi connectivity index (χ1) is 11.2. The van der Waals surface area contributed by atoms with Gasteiger partial charge in [-0.1, -0.05) is 51.1 Å². The maximum absolute atomic E-state index is 11.6. The van der Waals surface area contributed by atoms with Crippen molar-refractivity contribution in [2.24, 2.45) is 0 Å². The van der Waals surface area contributed by atoms with Crippen LogP contribution in [-0.2, 0) is 24.2 Å². The van der Waals surface area contributed by atoms with Crippen LogP contribution in [0.3, 0.4) is 0 Å². The summed E-state index contributed by atoms with van der Waals surface area (Å²) in [6.07, 6.45) is 2.43. The van der Waals surface area contributed by atoms with E-state index < -0.39 is 0 Å². The summed E-state index contributed by atoms with van der Waals surface area (Å²) in [5, 5.41) is 2.92. The van der Waals surface area contributed by atoms with Gasteiger partial charge in [-0.15, -0.1) is 0 Å². The minimum atomic E-state index is 0.0130. The summed E-state index contributed by atoms with van der Waals surface area (Å²) in [5.74, 6) is 0.931. The standard InChI is InChI=1S/C20H25NO2/c1-4-15-11-12-19(16(5-2)13-15)23-14-17-9-7-8-10-18(17)21-20(22)6-3/h7-13H,4-6,14H2,1-3H3,(H,21,22). The average Bonchev–Trinajstić information content (AvgIpc) is 2.60. The van der Waals surface area contributed by atoms with Gasteiger partial charge in [0.15, 0.2) is 0 Å². The second kappa shape index (κ2) is 8.37. The summed E-state index contributed by atoms with van der Waals surface area (Å²) < 4.78 is 6.02. The number of rotatable bonds is 7. The van der Waals surface area contributed by atoms with Crippen LogP contribution in [-0.4, -0.2) is 5.91 Å². The maximum atomic E-state index is 11.6. The number of hydrogen-bond acceptors (Lipinski definition) is 2. The van der Waals surface area contributed by atoms with Crippen molar-refractivity contribution >= 4 is 11.6 Å². The Morgan fingerprint density at radius 3 is 2.48 bits per heavy atom. The molecule has 0 atom stereocenters. The fourth-order valence-electron chi connectivity index (χ4n) is 2.43. The van der Waals surface area contributed by atoms with Gasteiger partial charge in [-0.2, -0.15) is 0 Å². The van der Waals surface area contributed by atoms with Gasteiger partial charge in [-0.3, -0.25) is 4.79 Å². The monoisotopic (exact) mass is 311 g/mol. The lowest BCUT2D eigenvalue weighted by Gasteiger charge is -2.14. The number of carbonyl (C=O) groups excluding carboxylic acids is 1. The normalized spacial score (nSPS) is 10.4. The molecule has 0 unspecified atom stereocenters. The molecule has 0 fully saturated rings. The molecule has 3 heteroatoms. The summed E-state index contributed by atoms with van der Waals surface area (Å²) >= 11 is 0. The Hall–Kier alpha value is -2.29. The number of nitrogens with one attached hydrogen (secondary N) is 1. The summed E-state index contributed by atoms with van der Waals surface area (Å²) in [4.78, 5) is 11.6. The molecular weight excluding hydrogens is 286 g/mol. The van der Waals surface area contributed by atoms with E-state index in [-0.39, 0.29) is 5.91 Å². The van der Waals surface area contributed by atoms with Crippen molar-refractivity contribution in [3.63, 3.8) is 0 Å². The van der Waals surface area contributed by atoms with E-state index in [9.17, 15) is 4.79 Å². The summed E-state index contributed by atoms with van der Waals surface area (Å²) in [7, 11) is 0. The van der Waals surface area contributed by atoms with Crippen LogP contribution < -0.4 is 10.1 Å². The highest BCUT2D eigenvalue weighted by molar-refractivity contribution is 5.91. The molecule has 2 rings (SSSR count). The molecule has 3 nitrogen and oxygen atoms in total. The minimum Gasteiger partial charge on any atom is -0.489 e. The molecule has 0 bridgehead atoms. The molecule has 2 aromatic carbocycles. The van der Waals surface area contributed by atoms with E-state index in [0.29, 0.717) is 13.0 Å². The first-order valence-electron chi connectivity index (χ1n) is 8.30. The zero-order valence-corrected chi connectivity index (χ0v) is 14.2. The van der Waals surface area contributed by atoms with Crippen molar-refractivity contribution in [1.82, 2.24) is 0 Å². The topological polar surface area (TPSA) is 38.3 Å². The highest BCUT2D eigenvalue weighted by atomic mass is 16.5. The molecule has 1 N–H and O–H groups in total. The molecule has 2 aromatic rings. The zero-order valence-electron chi connectivity index (χ0n) is 14.2. The number of hydrogen-bond donors (Lipinski definition) is 1. The molecule has 0 aliphatic heterocycles. The fourth-order valence-corrected chi connectivity index (χ4v) is 2.43. The largest absolute Gasteiger partial charge is 0.489 e. The second-order valence-corrected chi connectivity index (χ2v) is 5.50. The van der Waals surface area contributed by atoms with E-state index >= 15 is 0 Å². The number of benzene rings is 2. The van der Waals surface area contributed by atoms with Crippen molar-refractivity contribution in [3.05, 3.63) is 59.2 Å². The first kappa shape index (κ1) is 17.1. The van der Waals surface area contributed by atoms with Crippen LogP contribution in [0.2, 0.25) is 0 Å². The van der Waals surface area contributed by atoms with Gasteiger partial charge in [-0.05, 0) is 36.1 Å². The number of amides is 1. The van der Waals surface area contributed by atoms with Crippen molar-refractivity contribution in [1.29, 1.82) is 0 Å². The molecule has 1 amide bonds. The summed E-state index contributed by atoms with van der Waals surface area (Å²) in [5.41, 5.74) is 4.35. The number of para-hydroxylation sites is 1. The van der Waals surface area contributed by atoms with Crippen LogP contribution in [0.5, 0.6) is 5.75 Å². The minimum absolute atomic E-state index is 0.0130. The van der Waals surface area contributed by atoms with Gasteiger partial charge >= 0.3 is 0 Å². The smallest absolute Gasteiger partial charge is 0.224 e. The lowest BCUT2D eigenvalue weighted by atomic mass is 10.1. The van der Waals surface area contributed by atoms with Crippen LogP contribution in [0.15, 0.2) is 42.5 Å². The van der Waals surface area contributed by atoms with Crippen molar-refractivity contribution in [3.8, 4) is 5.75 Å². The molecule has 122 valence electrons. The predicted octanol–water partition coefficient (Wildman–Crippen LogP) is 4.74. The summed E-state index contributed by atoms with van der Waals surface area (Å²) in [6.45, 7) is 6.58. The van der Waals surface area contributed by atoms with E-state index in [0.717, 1.165) is 29.8 Å². The predicted molar refractivity (Wildman–Crippen MR) is 94.9 cm³/mol. The third-order valence-corrected chi connectivity index (χ3v) is 3.91. The molecule has 0 aromatic heterocycles. The molecule has 0 radical (unpaired) electrons. The van der Waals surface area contributed by atoms with E-state index in [1.807, 2.05) is 37.3 Å². The van der Waals surface area contributed by atoms with E-state index in [1.165, 1.54) is 11.1 Å². The number of ether oxygens (including phenoxy) is 1. The van der Waals surface area contributed by atoms with Gasteiger partial charge in [0, 0.05) is 17.7 Å². The Morgan fingerprint density at radius 1 is 1.00 bits per heavy atom. The zero-order chi connectivity index (χ0) is 16.7. The Bertz CT molecular complexity index is 664.